The second-order valence-corrected chi connectivity index (χ2v) is 9.12. The average molecular weight is 542 g/mol. The quantitative estimate of drug-likeness (QED) is 0.222. The van der Waals surface area contributed by atoms with Crippen LogP contribution in [-0.2, 0) is 6.54 Å². The number of aromatic hydroxyl groups is 1. The molecule has 0 bridgehead atoms. The molecular weight excluding hydrogens is 514 g/mol. The number of phenols is 1. The van der Waals surface area contributed by atoms with E-state index in [-0.39, 0.29) is 53.9 Å². The van der Waals surface area contributed by atoms with E-state index in [4.69, 9.17) is 0 Å². The lowest BCUT2D eigenvalue weighted by Crippen LogP contribution is -2.50. The number of nitrogens with one attached hydrogen (secondary N) is 4. The van der Waals surface area contributed by atoms with Crippen molar-refractivity contribution in [1.29, 1.82) is 0 Å². The van der Waals surface area contributed by atoms with E-state index in [9.17, 15) is 24.3 Å². The predicted molar refractivity (Wildman–Crippen MR) is 149 cm³/mol. The molecule has 3 heterocycles. The van der Waals surface area contributed by atoms with Crippen LogP contribution < -0.4 is 21.8 Å². The fraction of sp³-hybridized carbons (Fsp3) is 0.179. The van der Waals surface area contributed by atoms with E-state index >= 15 is 0 Å². The van der Waals surface area contributed by atoms with Gasteiger partial charge in [-0.05, 0) is 29.8 Å². The van der Waals surface area contributed by atoms with Gasteiger partial charge in [-0.2, -0.15) is 0 Å². The van der Waals surface area contributed by atoms with Crippen LogP contribution in [0.25, 0.3) is 0 Å². The number of nitrogens with zero attached hydrogens (tertiary/aromatic N) is 3. The van der Waals surface area contributed by atoms with Crippen LogP contribution in [-0.4, -0.2) is 68.1 Å². The van der Waals surface area contributed by atoms with E-state index < -0.39 is 17.0 Å². The molecule has 2 aromatic heterocycles. The first kappa shape index (κ1) is 26.2. The van der Waals surface area contributed by atoms with Crippen LogP contribution in [0.3, 0.4) is 0 Å². The van der Waals surface area contributed by atoms with Gasteiger partial charge in [0, 0.05) is 38.9 Å². The van der Waals surface area contributed by atoms with Gasteiger partial charge >= 0.3 is 0 Å². The largest absolute Gasteiger partial charge is 0.505 e. The molecule has 4 aromatic rings. The highest BCUT2D eigenvalue weighted by Gasteiger charge is 2.28. The molecule has 12 heteroatoms. The zero-order valence-corrected chi connectivity index (χ0v) is 21.4. The molecule has 5 rings (SSSR count). The van der Waals surface area contributed by atoms with Crippen molar-refractivity contribution in [2.24, 2.45) is 0 Å². The Labute approximate surface area is 228 Å². The molecule has 5 N–H and O–H groups in total. The highest BCUT2D eigenvalue weighted by atomic mass is 16.3. The van der Waals surface area contributed by atoms with Gasteiger partial charge in [0.2, 0.25) is 0 Å². The van der Waals surface area contributed by atoms with Gasteiger partial charge in [0.15, 0.2) is 5.75 Å². The highest BCUT2D eigenvalue weighted by Crippen LogP contribution is 2.32. The molecule has 12 nitrogen and oxygen atoms in total. The molecule has 2 aromatic carbocycles. The van der Waals surface area contributed by atoms with Crippen molar-refractivity contribution in [2.75, 3.05) is 36.8 Å². The normalized spacial score (nSPS) is 13.1. The summed E-state index contributed by atoms with van der Waals surface area (Å²) in [5.74, 6) is -0.997. The molecule has 40 heavy (non-hydrogen) atoms. The molecule has 2 amide bonds. The Balaban J connectivity index is 1.31. The molecule has 1 fully saturated rings. The Kier molecular flexibility index (Phi) is 7.58. The van der Waals surface area contributed by atoms with Crippen LogP contribution in [0.5, 0.6) is 5.75 Å². The Morgan fingerprint density at radius 3 is 2.12 bits per heavy atom. The number of hydrogen-bond donors (Lipinski definition) is 5. The maximum Gasteiger partial charge on any atom is 0.288 e. The van der Waals surface area contributed by atoms with E-state index in [1.54, 1.807) is 40.3 Å². The Morgan fingerprint density at radius 2 is 1.45 bits per heavy atom. The topological polar surface area (TPSA) is 164 Å². The lowest BCUT2D eigenvalue weighted by molar-refractivity contribution is 0.0530. The standard InChI is InChI=1S/C28H27N7O5/c36-24-19(27(39)34-13-15-35(16-14-34)28(40)21-10-4-5-12-29-21)9-6-11-20(24)31-23-22(25(37)32-33-26(23)38)30-17-18-7-2-1-3-8-18/h1-12,36H,13-17H2,(H2,30,33,38)(H2,31,32,37). The van der Waals surface area contributed by atoms with Crippen molar-refractivity contribution in [2.45, 2.75) is 6.54 Å². The number of aromatic amines is 2. The molecule has 0 saturated carbocycles. The molecular formula is C28H27N7O5. The molecule has 204 valence electrons. The first-order chi connectivity index (χ1) is 19.4. The van der Waals surface area contributed by atoms with Gasteiger partial charge in [-0.1, -0.05) is 42.5 Å². The summed E-state index contributed by atoms with van der Waals surface area (Å²) >= 11 is 0. The SMILES string of the molecule is O=C(c1ccccn1)N1CCN(C(=O)c2cccc(Nc3c(NCc4ccccc4)c(=O)[nH][nH]c3=O)c2O)CC1. The van der Waals surface area contributed by atoms with Gasteiger partial charge in [-0.15, -0.1) is 0 Å². The van der Waals surface area contributed by atoms with Crippen molar-refractivity contribution in [3.63, 3.8) is 0 Å². The number of anilines is 3. The number of hydrogen-bond acceptors (Lipinski definition) is 8. The fourth-order valence-electron chi connectivity index (χ4n) is 4.43. The van der Waals surface area contributed by atoms with Crippen molar-refractivity contribution in [1.82, 2.24) is 25.0 Å². The van der Waals surface area contributed by atoms with Crippen LogP contribution in [0.4, 0.5) is 17.1 Å². The number of amides is 2. The Hall–Kier alpha value is -5.39. The summed E-state index contributed by atoms with van der Waals surface area (Å²) in [6.07, 6.45) is 1.55. The molecule has 0 aliphatic carbocycles. The van der Waals surface area contributed by atoms with E-state index in [1.165, 1.54) is 12.1 Å². The van der Waals surface area contributed by atoms with Crippen LogP contribution in [0.1, 0.15) is 26.4 Å². The number of rotatable bonds is 7. The zero-order chi connectivity index (χ0) is 28.1. The number of para-hydroxylation sites is 1. The van der Waals surface area contributed by atoms with Gasteiger partial charge in [0.1, 0.15) is 17.1 Å². The Bertz CT molecular complexity index is 1630. The fourth-order valence-corrected chi connectivity index (χ4v) is 4.43. The van der Waals surface area contributed by atoms with E-state index in [1.807, 2.05) is 30.3 Å². The Morgan fingerprint density at radius 1 is 0.800 bits per heavy atom. The van der Waals surface area contributed by atoms with Crippen molar-refractivity contribution in [3.8, 4) is 5.75 Å². The maximum absolute atomic E-state index is 13.3. The zero-order valence-electron chi connectivity index (χ0n) is 21.4. The van der Waals surface area contributed by atoms with Gasteiger partial charge in [-0.3, -0.25) is 34.4 Å². The minimum Gasteiger partial charge on any atom is -0.505 e. The molecule has 0 atom stereocenters. The lowest BCUT2D eigenvalue weighted by Gasteiger charge is -2.34. The smallest absolute Gasteiger partial charge is 0.288 e. The summed E-state index contributed by atoms with van der Waals surface area (Å²) in [4.78, 5) is 58.5. The van der Waals surface area contributed by atoms with Crippen LogP contribution in [0.15, 0.2) is 82.5 Å². The first-order valence-corrected chi connectivity index (χ1v) is 12.6. The van der Waals surface area contributed by atoms with Gasteiger partial charge in [-0.25, -0.2) is 0 Å². The molecule has 0 radical (unpaired) electrons. The van der Waals surface area contributed by atoms with Crippen LogP contribution in [0, 0.1) is 0 Å². The number of pyridine rings is 1. The third-order valence-electron chi connectivity index (χ3n) is 6.57. The van der Waals surface area contributed by atoms with Crippen molar-refractivity contribution < 1.29 is 14.7 Å². The average Bonchev–Trinajstić information content (AvgIpc) is 3.00. The summed E-state index contributed by atoms with van der Waals surface area (Å²) in [6.45, 7) is 1.46. The minimum absolute atomic E-state index is 0.0163. The first-order valence-electron chi connectivity index (χ1n) is 12.6. The summed E-state index contributed by atoms with van der Waals surface area (Å²) in [7, 11) is 0. The maximum atomic E-state index is 13.3. The summed E-state index contributed by atoms with van der Waals surface area (Å²) in [5, 5.41) is 21.3. The van der Waals surface area contributed by atoms with Crippen LogP contribution in [0.2, 0.25) is 0 Å². The number of benzene rings is 2. The molecule has 1 aliphatic heterocycles. The number of H-pyrrole nitrogens is 2. The number of aromatic nitrogens is 3. The number of carbonyl (C=O) groups is 2. The molecule has 0 unspecified atom stereocenters. The van der Waals surface area contributed by atoms with Gasteiger partial charge < -0.3 is 25.5 Å². The number of carbonyl (C=O) groups excluding carboxylic acids is 2. The van der Waals surface area contributed by atoms with Crippen molar-refractivity contribution in [3.05, 3.63) is 110 Å². The second-order valence-electron chi connectivity index (χ2n) is 9.12. The monoisotopic (exact) mass is 541 g/mol. The van der Waals surface area contributed by atoms with Crippen molar-refractivity contribution >= 4 is 28.9 Å². The second kappa shape index (κ2) is 11.6. The lowest BCUT2D eigenvalue weighted by atomic mass is 10.1. The third kappa shape index (κ3) is 5.55. The highest BCUT2D eigenvalue weighted by molar-refractivity contribution is 5.99. The van der Waals surface area contributed by atoms with E-state index in [0.29, 0.717) is 18.8 Å². The van der Waals surface area contributed by atoms with Crippen LogP contribution >= 0.6 is 0 Å². The minimum atomic E-state index is -0.625. The van der Waals surface area contributed by atoms with Gasteiger partial charge in [0.05, 0.1) is 11.3 Å². The molecule has 1 aliphatic rings. The van der Waals surface area contributed by atoms with E-state index in [2.05, 4.69) is 25.8 Å². The summed E-state index contributed by atoms with van der Waals surface area (Å²) in [6, 6.07) is 19.0. The predicted octanol–water partition coefficient (Wildman–Crippen LogP) is 2.12. The number of piperazine rings is 1. The molecule has 1 saturated heterocycles. The summed E-state index contributed by atoms with van der Waals surface area (Å²) < 4.78 is 0. The van der Waals surface area contributed by atoms with Gasteiger partial charge in [0.25, 0.3) is 22.9 Å². The van der Waals surface area contributed by atoms with E-state index in [0.717, 1.165) is 5.56 Å². The number of phenolic OH excluding ortho intramolecular Hbond substituents is 1. The molecule has 0 spiro atoms. The third-order valence-corrected chi connectivity index (χ3v) is 6.57. The summed E-state index contributed by atoms with van der Waals surface area (Å²) in [5.41, 5.74) is 0.0150.